The molecule has 0 saturated carbocycles. The lowest BCUT2D eigenvalue weighted by Crippen LogP contribution is -2.40. The Bertz CT molecular complexity index is 168. The van der Waals surface area contributed by atoms with Gasteiger partial charge in [-0.3, -0.25) is 4.79 Å². The Hall–Kier alpha value is -1.06. The van der Waals surface area contributed by atoms with Crippen LogP contribution in [0.5, 0.6) is 0 Å². The molecular formula is C8H15NO3. The molecule has 0 spiro atoms. The average Bonchev–Trinajstić information content (AvgIpc) is 2.00. The van der Waals surface area contributed by atoms with Crippen molar-refractivity contribution in [2.75, 3.05) is 0 Å². The van der Waals surface area contributed by atoms with Crippen molar-refractivity contribution in [2.24, 2.45) is 0 Å². The molecule has 0 aromatic heterocycles. The molecule has 0 fully saturated rings. The van der Waals surface area contributed by atoms with Gasteiger partial charge in [0.25, 0.3) is 0 Å². The van der Waals surface area contributed by atoms with Gasteiger partial charge in [0.2, 0.25) is 5.91 Å². The maximum atomic E-state index is 10.9. The number of rotatable bonds is 5. The highest BCUT2D eigenvalue weighted by Crippen LogP contribution is 1.93. The number of nitrogens with one attached hydrogen (secondary N) is 1. The summed E-state index contributed by atoms with van der Waals surface area (Å²) in [6.45, 7) is 3.60. The van der Waals surface area contributed by atoms with Gasteiger partial charge in [0.05, 0.1) is 0 Å². The number of aliphatic carboxylic acids is 1. The molecule has 0 aliphatic rings. The van der Waals surface area contributed by atoms with Gasteiger partial charge in [0, 0.05) is 6.42 Å². The van der Waals surface area contributed by atoms with Crippen LogP contribution < -0.4 is 5.32 Å². The molecule has 0 aliphatic heterocycles. The number of amides is 1. The van der Waals surface area contributed by atoms with Crippen molar-refractivity contribution in [3.63, 3.8) is 0 Å². The van der Waals surface area contributed by atoms with Crippen molar-refractivity contribution in [3.05, 3.63) is 0 Å². The zero-order chi connectivity index (χ0) is 9.56. The van der Waals surface area contributed by atoms with Crippen LogP contribution in [-0.2, 0) is 9.59 Å². The number of carboxylic acids is 1. The van der Waals surface area contributed by atoms with E-state index in [1.807, 2.05) is 6.92 Å². The van der Waals surface area contributed by atoms with Gasteiger partial charge in [-0.1, -0.05) is 13.8 Å². The molecule has 4 nitrogen and oxygen atoms in total. The smallest absolute Gasteiger partial charge is 0.326 e. The fourth-order valence-electron chi connectivity index (χ4n) is 0.832. The normalized spacial score (nSPS) is 12.2. The topological polar surface area (TPSA) is 66.4 Å². The summed E-state index contributed by atoms with van der Waals surface area (Å²) < 4.78 is 0. The van der Waals surface area contributed by atoms with Crippen LogP contribution in [0.2, 0.25) is 0 Å². The van der Waals surface area contributed by atoms with E-state index in [4.69, 9.17) is 5.11 Å². The number of carboxylic acid groups (broad SMARTS) is 1. The molecule has 0 radical (unpaired) electrons. The third-order valence-corrected chi connectivity index (χ3v) is 1.52. The standard InChI is InChI=1S/C8H15NO3/c1-3-5-7(10)9-6(4-2)8(11)12/h6H,3-5H2,1-2H3,(H,9,10)(H,11,12)/t6-/m0/s1. The van der Waals surface area contributed by atoms with Gasteiger partial charge in [-0.2, -0.15) is 0 Å². The fourth-order valence-corrected chi connectivity index (χ4v) is 0.832. The van der Waals surface area contributed by atoms with Crippen molar-refractivity contribution >= 4 is 11.9 Å². The van der Waals surface area contributed by atoms with E-state index in [1.165, 1.54) is 0 Å². The van der Waals surface area contributed by atoms with Gasteiger partial charge >= 0.3 is 5.97 Å². The molecule has 1 atom stereocenters. The number of carbonyl (C=O) groups is 2. The Morgan fingerprint density at radius 2 is 2.00 bits per heavy atom. The zero-order valence-electron chi connectivity index (χ0n) is 7.46. The Morgan fingerprint density at radius 3 is 2.33 bits per heavy atom. The van der Waals surface area contributed by atoms with Crippen LogP contribution in [0.1, 0.15) is 33.1 Å². The zero-order valence-corrected chi connectivity index (χ0v) is 7.46. The lowest BCUT2D eigenvalue weighted by atomic mass is 10.2. The third kappa shape index (κ3) is 3.95. The Labute approximate surface area is 72.0 Å². The molecular weight excluding hydrogens is 158 g/mol. The third-order valence-electron chi connectivity index (χ3n) is 1.52. The predicted octanol–water partition coefficient (Wildman–Crippen LogP) is 0.766. The number of hydrogen-bond acceptors (Lipinski definition) is 2. The molecule has 0 rings (SSSR count). The van der Waals surface area contributed by atoms with Crippen molar-refractivity contribution in [2.45, 2.75) is 39.2 Å². The first-order chi connectivity index (χ1) is 5.61. The molecule has 0 aromatic rings. The number of hydrogen-bond donors (Lipinski definition) is 2. The van der Waals surface area contributed by atoms with E-state index in [1.54, 1.807) is 6.92 Å². The van der Waals surface area contributed by atoms with Crippen LogP contribution in [-0.4, -0.2) is 23.0 Å². The van der Waals surface area contributed by atoms with Crippen molar-refractivity contribution < 1.29 is 14.7 Å². The highest BCUT2D eigenvalue weighted by atomic mass is 16.4. The minimum absolute atomic E-state index is 0.188. The van der Waals surface area contributed by atoms with Gasteiger partial charge in [-0.15, -0.1) is 0 Å². The van der Waals surface area contributed by atoms with Crippen LogP contribution in [0.3, 0.4) is 0 Å². The monoisotopic (exact) mass is 173 g/mol. The van der Waals surface area contributed by atoms with E-state index in [0.29, 0.717) is 12.8 Å². The van der Waals surface area contributed by atoms with E-state index in [-0.39, 0.29) is 5.91 Å². The van der Waals surface area contributed by atoms with Crippen LogP contribution in [0.25, 0.3) is 0 Å². The minimum atomic E-state index is -0.970. The van der Waals surface area contributed by atoms with E-state index in [0.717, 1.165) is 6.42 Å². The van der Waals surface area contributed by atoms with E-state index in [9.17, 15) is 9.59 Å². The molecule has 0 saturated heterocycles. The highest BCUT2D eigenvalue weighted by molar-refractivity contribution is 5.83. The molecule has 2 N–H and O–H groups in total. The summed E-state index contributed by atoms with van der Waals surface area (Å²) >= 11 is 0. The quantitative estimate of drug-likeness (QED) is 0.645. The van der Waals surface area contributed by atoms with Crippen molar-refractivity contribution in [1.82, 2.24) is 5.32 Å². The van der Waals surface area contributed by atoms with Gasteiger partial charge in [-0.25, -0.2) is 4.79 Å². The first-order valence-electron chi connectivity index (χ1n) is 4.14. The summed E-state index contributed by atoms with van der Waals surface area (Å²) in [5, 5.41) is 11.0. The highest BCUT2D eigenvalue weighted by Gasteiger charge is 2.16. The summed E-state index contributed by atoms with van der Waals surface area (Å²) in [5.41, 5.74) is 0. The van der Waals surface area contributed by atoms with E-state index < -0.39 is 12.0 Å². The van der Waals surface area contributed by atoms with Gasteiger partial charge in [-0.05, 0) is 12.8 Å². The summed E-state index contributed by atoms with van der Waals surface area (Å²) in [7, 11) is 0. The van der Waals surface area contributed by atoms with Crippen LogP contribution in [0.4, 0.5) is 0 Å². The lowest BCUT2D eigenvalue weighted by molar-refractivity contribution is -0.141. The lowest BCUT2D eigenvalue weighted by Gasteiger charge is -2.11. The molecule has 4 heteroatoms. The van der Waals surface area contributed by atoms with Gasteiger partial charge in [0.1, 0.15) is 6.04 Å². The van der Waals surface area contributed by atoms with Gasteiger partial charge < -0.3 is 10.4 Å². The van der Waals surface area contributed by atoms with Crippen LogP contribution in [0.15, 0.2) is 0 Å². The van der Waals surface area contributed by atoms with Crippen LogP contribution in [0, 0.1) is 0 Å². The summed E-state index contributed by atoms with van der Waals surface area (Å²) in [4.78, 5) is 21.4. The molecule has 1 amide bonds. The molecule has 0 aromatic carbocycles. The molecule has 0 aliphatic carbocycles. The fraction of sp³-hybridized carbons (Fsp3) is 0.750. The average molecular weight is 173 g/mol. The Kier molecular flexibility index (Phi) is 5.08. The second kappa shape index (κ2) is 5.57. The second-order valence-corrected chi connectivity index (χ2v) is 2.62. The van der Waals surface area contributed by atoms with Gasteiger partial charge in [0.15, 0.2) is 0 Å². The summed E-state index contributed by atoms with van der Waals surface area (Å²) in [5.74, 6) is -1.16. The molecule has 12 heavy (non-hydrogen) atoms. The van der Waals surface area contributed by atoms with E-state index >= 15 is 0 Å². The second-order valence-electron chi connectivity index (χ2n) is 2.62. The SMILES string of the molecule is CCCC(=O)N[C@@H](CC)C(=O)O. The minimum Gasteiger partial charge on any atom is -0.480 e. The van der Waals surface area contributed by atoms with E-state index in [2.05, 4.69) is 5.32 Å². The summed E-state index contributed by atoms with van der Waals surface area (Å²) in [6.07, 6.45) is 1.55. The maximum Gasteiger partial charge on any atom is 0.326 e. The van der Waals surface area contributed by atoms with Crippen LogP contribution >= 0.6 is 0 Å². The molecule has 0 heterocycles. The molecule has 0 unspecified atom stereocenters. The van der Waals surface area contributed by atoms with Crippen molar-refractivity contribution in [1.29, 1.82) is 0 Å². The Balaban J connectivity index is 3.85. The Morgan fingerprint density at radius 1 is 1.42 bits per heavy atom. The molecule has 0 bridgehead atoms. The summed E-state index contributed by atoms with van der Waals surface area (Å²) in [6, 6.07) is -0.732. The largest absolute Gasteiger partial charge is 0.480 e. The first kappa shape index (κ1) is 10.9. The maximum absolute atomic E-state index is 10.9. The molecule has 70 valence electrons. The number of carbonyl (C=O) groups excluding carboxylic acids is 1. The predicted molar refractivity (Wildman–Crippen MR) is 44.8 cm³/mol. The first-order valence-corrected chi connectivity index (χ1v) is 4.14. The van der Waals surface area contributed by atoms with Crippen molar-refractivity contribution in [3.8, 4) is 0 Å².